The van der Waals surface area contributed by atoms with Crippen LogP contribution in [0.1, 0.15) is 20.8 Å². The van der Waals surface area contributed by atoms with Gasteiger partial charge in [-0.2, -0.15) is 0 Å². The van der Waals surface area contributed by atoms with Crippen molar-refractivity contribution < 1.29 is 14.7 Å². The summed E-state index contributed by atoms with van der Waals surface area (Å²) in [6.45, 7) is 1.95. The minimum atomic E-state index is -1.19. The Labute approximate surface area is 130 Å². The van der Waals surface area contributed by atoms with E-state index < -0.39 is 11.9 Å². The molecule has 21 heavy (non-hydrogen) atoms. The smallest absolute Gasteiger partial charge is 0.339 e. The van der Waals surface area contributed by atoms with Crippen LogP contribution in [0, 0.1) is 6.92 Å². The number of benzene rings is 1. The van der Waals surface area contributed by atoms with Crippen molar-refractivity contribution >= 4 is 46.6 Å². The number of hydrogen-bond acceptors (Lipinski definition) is 3. The van der Waals surface area contributed by atoms with E-state index in [2.05, 4.69) is 5.32 Å². The van der Waals surface area contributed by atoms with Crippen molar-refractivity contribution in [1.82, 2.24) is 0 Å². The van der Waals surface area contributed by atoms with Crippen molar-refractivity contribution in [2.24, 2.45) is 0 Å². The summed E-state index contributed by atoms with van der Waals surface area (Å²) in [4.78, 5) is 24.0. The number of aromatic carboxylic acids is 1. The number of carbonyl (C=O) groups is 2. The molecule has 2 N–H and O–H groups in total. The average molecular weight is 322 g/mol. The molecule has 0 aliphatic heterocycles. The highest BCUT2D eigenvalue weighted by molar-refractivity contribution is 7.11. The first-order valence-electron chi connectivity index (χ1n) is 6.04. The Morgan fingerprint density at radius 2 is 2.10 bits per heavy atom. The van der Waals surface area contributed by atoms with Crippen molar-refractivity contribution in [2.75, 3.05) is 5.32 Å². The topological polar surface area (TPSA) is 66.4 Å². The molecule has 0 aliphatic rings. The molecule has 0 radical (unpaired) electrons. The van der Waals surface area contributed by atoms with Crippen molar-refractivity contribution in [2.45, 2.75) is 6.92 Å². The van der Waals surface area contributed by atoms with Crippen LogP contribution in [-0.2, 0) is 4.79 Å². The fraction of sp³-hybridized carbons (Fsp3) is 0.0667. The maximum atomic E-state index is 11.9. The average Bonchev–Trinajstić information content (AvgIpc) is 2.81. The van der Waals surface area contributed by atoms with Gasteiger partial charge in [0, 0.05) is 11.0 Å². The van der Waals surface area contributed by atoms with Crippen LogP contribution in [0.5, 0.6) is 0 Å². The van der Waals surface area contributed by atoms with E-state index >= 15 is 0 Å². The van der Waals surface area contributed by atoms with E-state index in [0.717, 1.165) is 10.4 Å². The molecule has 0 bridgehead atoms. The fourth-order valence-electron chi connectivity index (χ4n) is 1.73. The molecule has 1 aromatic heterocycles. The minimum absolute atomic E-state index is 0.0818. The van der Waals surface area contributed by atoms with Gasteiger partial charge in [-0.05, 0) is 42.1 Å². The van der Waals surface area contributed by atoms with Gasteiger partial charge in [0.1, 0.15) is 5.56 Å². The Bertz CT molecular complexity index is 721. The Balaban J connectivity index is 2.17. The zero-order valence-corrected chi connectivity index (χ0v) is 12.7. The molecule has 0 spiro atoms. The third-order valence-electron chi connectivity index (χ3n) is 2.77. The summed E-state index contributed by atoms with van der Waals surface area (Å²) >= 11 is 7.36. The zero-order chi connectivity index (χ0) is 15.4. The number of halogens is 1. The number of anilines is 1. The predicted molar refractivity (Wildman–Crippen MR) is 85.1 cm³/mol. The first kappa shape index (κ1) is 15.3. The van der Waals surface area contributed by atoms with Crippen LogP contribution >= 0.6 is 22.9 Å². The largest absolute Gasteiger partial charge is 0.478 e. The van der Waals surface area contributed by atoms with E-state index in [1.165, 1.54) is 29.5 Å². The lowest BCUT2D eigenvalue weighted by Gasteiger charge is -2.07. The van der Waals surface area contributed by atoms with E-state index in [4.69, 9.17) is 16.7 Å². The lowest BCUT2D eigenvalue weighted by molar-refractivity contribution is -0.111. The van der Waals surface area contributed by atoms with Gasteiger partial charge in [-0.3, -0.25) is 4.79 Å². The molecule has 1 amide bonds. The second-order valence-corrected chi connectivity index (χ2v) is 5.61. The highest BCUT2D eigenvalue weighted by Crippen LogP contribution is 2.24. The first-order valence-corrected chi connectivity index (χ1v) is 7.29. The van der Waals surface area contributed by atoms with Crippen LogP contribution < -0.4 is 5.32 Å². The summed E-state index contributed by atoms with van der Waals surface area (Å²) in [7, 11) is 0. The van der Waals surface area contributed by atoms with E-state index in [1.54, 1.807) is 12.1 Å². The molecule has 0 aliphatic carbocycles. The number of aryl methyl sites for hydroxylation is 1. The number of nitrogens with one attached hydrogen (secondary N) is 1. The number of carboxylic acid groups (broad SMARTS) is 1. The second-order valence-electron chi connectivity index (χ2n) is 4.26. The highest BCUT2D eigenvalue weighted by atomic mass is 35.5. The molecular formula is C15H12ClNO3S. The van der Waals surface area contributed by atoms with Gasteiger partial charge in [-0.25, -0.2) is 4.79 Å². The Kier molecular flexibility index (Phi) is 4.77. The number of thiophene rings is 1. The van der Waals surface area contributed by atoms with Crippen LogP contribution in [0.25, 0.3) is 6.08 Å². The Morgan fingerprint density at radius 1 is 1.33 bits per heavy atom. The third-order valence-corrected chi connectivity index (χ3v) is 4.07. The monoisotopic (exact) mass is 321 g/mol. The van der Waals surface area contributed by atoms with E-state index in [1.807, 2.05) is 18.4 Å². The molecule has 0 saturated carbocycles. The molecule has 2 rings (SSSR count). The minimum Gasteiger partial charge on any atom is -0.478 e. The molecule has 0 fully saturated rings. The lowest BCUT2D eigenvalue weighted by atomic mass is 10.1. The van der Waals surface area contributed by atoms with Gasteiger partial charge in [0.25, 0.3) is 0 Å². The number of rotatable bonds is 4. The van der Waals surface area contributed by atoms with Gasteiger partial charge in [0.15, 0.2) is 0 Å². The lowest BCUT2D eigenvalue weighted by Crippen LogP contribution is -2.12. The Hall–Kier alpha value is -2.11. The Morgan fingerprint density at radius 3 is 2.71 bits per heavy atom. The van der Waals surface area contributed by atoms with Crippen molar-refractivity contribution in [1.29, 1.82) is 0 Å². The van der Waals surface area contributed by atoms with E-state index in [-0.39, 0.29) is 16.3 Å². The van der Waals surface area contributed by atoms with E-state index in [0.29, 0.717) is 0 Å². The molecule has 0 atom stereocenters. The van der Waals surface area contributed by atoms with Crippen LogP contribution in [0.4, 0.5) is 5.69 Å². The third kappa shape index (κ3) is 3.71. The summed E-state index contributed by atoms with van der Waals surface area (Å²) in [6, 6.07) is 6.50. The molecule has 108 valence electrons. The van der Waals surface area contributed by atoms with Gasteiger partial charge < -0.3 is 10.4 Å². The van der Waals surface area contributed by atoms with Crippen molar-refractivity contribution in [3.8, 4) is 0 Å². The van der Waals surface area contributed by atoms with Gasteiger partial charge in [-0.15, -0.1) is 11.3 Å². The van der Waals surface area contributed by atoms with Gasteiger partial charge >= 0.3 is 5.97 Å². The summed E-state index contributed by atoms with van der Waals surface area (Å²) in [6.07, 6.45) is 3.06. The number of amides is 1. The highest BCUT2D eigenvalue weighted by Gasteiger charge is 2.15. The molecule has 6 heteroatoms. The van der Waals surface area contributed by atoms with Crippen molar-refractivity contribution in [3.63, 3.8) is 0 Å². The second kappa shape index (κ2) is 6.56. The molecule has 1 heterocycles. The maximum absolute atomic E-state index is 11.9. The molecule has 4 nitrogen and oxygen atoms in total. The van der Waals surface area contributed by atoms with Crippen LogP contribution in [-0.4, -0.2) is 17.0 Å². The normalized spacial score (nSPS) is 10.8. The molecule has 2 aromatic rings. The van der Waals surface area contributed by atoms with Gasteiger partial charge in [0.2, 0.25) is 5.91 Å². The van der Waals surface area contributed by atoms with Gasteiger partial charge in [-0.1, -0.05) is 17.7 Å². The maximum Gasteiger partial charge on any atom is 0.339 e. The SMILES string of the molecule is Cc1ccsc1C=CC(=O)Nc1cccc(Cl)c1C(=O)O. The first-order chi connectivity index (χ1) is 9.99. The van der Waals surface area contributed by atoms with Crippen LogP contribution in [0.2, 0.25) is 5.02 Å². The van der Waals surface area contributed by atoms with Crippen molar-refractivity contribution in [3.05, 3.63) is 56.7 Å². The van der Waals surface area contributed by atoms with Crippen LogP contribution in [0.15, 0.2) is 35.7 Å². The summed E-state index contributed by atoms with van der Waals surface area (Å²) in [5, 5.41) is 13.7. The number of hydrogen-bond donors (Lipinski definition) is 2. The van der Waals surface area contributed by atoms with Crippen LogP contribution in [0.3, 0.4) is 0 Å². The predicted octanol–water partition coefficient (Wildman–Crippen LogP) is 4.06. The summed E-state index contributed by atoms with van der Waals surface area (Å²) < 4.78 is 0. The zero-order valence-electron chi connectivity index (χ0n) is 11.1. The standard InChI is InChI=1S/C15H12ClNO3S/c1-9-7-8-21-12(9)5-6-13(18)17-11-4-2-3-10(16)14(11)15(19)20/h2-8H,1H3,(H,17,18)(H,19,20). The quantitative estimate of drug-likeness (QED) is 0.834. The molecule has 1 aromatic carbocycles. The molecule has 0 unspecified atom stereocenters. The van der Waals surface area contributed by atoms with E-state index in [9.17, 15) is 9.59 Å². The number of carbonyl (C=O) groups excluding carboxylic acids is 1. The van der Waals surface area contributed by atoms with Gasteiger partial charge in [0.05, 0.1) is 10.7 Å². The summed E-state index contributed by atoms with van der Waals surface area (Å²) in [5.74, 6) is -1.60. The fourth-order valence-corrected chi connectivity index (χ4v) is 2.80. The molecular weight excluding hydrogens is 310 g/mol. The summed E-state index contributed by atoms with van der Waals surface area (Å²) in [5.41, 5.74) is 1.14. The molecule has 0 saturated heterocycles. The number of carboxylic acids is 1.